The van der Waals surface area contributed by atoms with Crippen molar-refractivity contribution in [3.8, 4) is 0 Å². The minimum absolute atomic E-state index is 0.00897. The minimum Gasteiger partial charge on any atom is -0.439 e. The number of carbonyl (C=O) groups excluding carboxylic acids is 1. The van der Waals surface area contributed by atoms with Gasteiger partial charge in [-0.15, -0.1) is 5.10 Å². The number of benzene rings is 2. The van der Waals surface area contributed by atoms with Crippen LogP contribution in [0.3, 0.4) is 0 Å². The van der Waals surface area contributed by atoms with Crippen LogP contribution in [-0.2, 0) is 11.5 Å². The van der Waals surface area contributed by atoms with Crippen LogP contribution in [0.2, 0.25) is 0 Å². The summed E-state index contributed by atoms with van der Waals surface area (Å²) in [5.74, 6) is -0.406. The molecule has 0 atom stereocenters. The third-order valence-corrected chi connectivity index (χ3v) is 3.80. The lowest BCUT2D eigenvalue weighted by atomic mass is 10.1. The van der Waals surface area contributed by atoms with E-state index in [-0.39, 0.29) is 6.73 Å². The second-order valence-corrected chi connectivity index (χ2v) is 5.47. The van der Waals surface area contributed by atoms with Crippen molar-refractivity contribution in [2.75, 3.05) is 0 Å². The number of ether oxygens (including phenoxy) is 1. The number of hydrogen-bond acceptors (Lipinski definition) is 5. The Bertz CT molecular complexity index is 1060. The molecule has 0 aliphatic heterocycles. The molecule has 0 aliphatic carbocycles. The van der Waals surface area contributed by atoms with Crippen molar-refractivity contribution in [2.24, 2.45) is 0 Å². The van der Waals surface area contributed by atoms with Crippen molar-refractivity contribution in [1.29, 1.82) is 0 Å². The Morgan fingerprint density at radius 3 is 2.71 bits per heavy atom. The van der Waals surface area contributed by atoms with E-state index in [1.54, 1.807) is 10.7 Å². The largest absolute Gasteiger partial charge is 0.439 e. The molecule has 0 unspecified atom stereocenters. The zero-order chi connectivity index (χ0) is 16.5. The molecule has 0 fully saturated rings. The van der Waals surface area contributed by atoms with Gasteiger partial charge < -0.3 is 4.74 Å². The molecule has 0 bridgehead atoms. The minimum atomic E-state index is -0.406. The maximum Gasteiger partial charge on any atom is 0.340 e. The number of rotatable bonds is 3. The third kappa shape index (κ3) is 2.48. The van der Waals surface area contributed by atoms with Crippen LogP contribution in [0.4, 0.5) is 0 Å². The van der Waals surface area contributed by atoms with E-state index in [9.17, 15) is 4.79 Å². The van der Waals surface area contributed by atoms with Crippen LogP contribution in [0.1, 0.15) is 16.1 Å². The molecule has 6 nitrogen and oxygen atoms in total. The van der Waals surface area contributed by atoms with Crippen molar-refractivity contribution in [1.82, 2.24) is 20.0 Å². The molecule has 0 radical (unpaired) electrons. The zero-order valence-electron chi connectivity index (χ0n) is 13.0. The number of carbonyl (C=O) groups is 1. The fourth-order valence-corrected chi connectivity index (χ4v) is 2.69. The molecule has 24 heavy (non-hydrogen) atoms. The zero-order valence-corrected chi connectivity index (χ0v) is 13.0. The third-order valence-electron chi connectivity index (χ3n) is 3.80. The summed E-state index contributed by atoms with van der Waals surface area (Å²) in [4.78, 5) is 17.0. The van der Waals surface area contributed by atoms with E-state index in [2.05, 4.69) is 15.3 Å². The standard InChI is InChI=1S/C18H14N4O2/c1-12-10-14(13-6-2-3-7-15(13)19-12)18(23)24-11-22-17-9-5-4-8-16(17)20-21-22/h2-10H,11H2,1H3. The van der Waals surface area contributed by atoms with Gasteiger partial charge in [0.25, 0.3) is 0 Å². The van der Waals surface area contributed by atoms with Gasteiger partial charge in [0, 0.05) is 11.1 Å². The number of para-hydroxylation sites is 2. The molecule has 0 amide bonds. The van der Waals surface area contributed by atoms with E-state index in [0.717, 1.165) is 27.6 Å². The van der Waals surface area contributed by atoms with E-state index in [0.29, 0.717) is 5.56 Å². The molecule has 0 N–H and O–H groups in total. The van der Waals surface area contributed by atoms with Crippen LogP contribution in [0.25, 0.3) is 21.9 Å². The first-order valence-corrected chi connectivity index (χ1v) is 7.54. The van der Waals surface area contributed by atoms with E-state index in [4.69, 9.17) is 4.74 Å². The normalized spacial score (nSPS) is 11.0. The average molecular weight is 318 g/mol. The summed E-state index contributed by atoms with van der Waals surface area (Å²) in [6.07, 6.45) is 0. The Morgan fingerprint density at radius 1 is 1.08 bits per heavy atom. The monoisotopic (exact) mass is 318 g/mol. The van der Waals surface area contributed by atoms with Crippen molar-refractivity contribution in [2.45, 2.75) is 13.7 Å². The second kappa shape index (κ2) is 5.73. The lowest BCUT2D eigenvalue weighted by molar-refractivity contribution is 0.0357. The highest BCUT2D eigenvalue weighted by Crippen LogP contribution is 2.19. The predicted octanol–water partition coefficient (Wildman–Crippen LogP) is 3.10. The summed E-state index contributed by atoms with van der Waals surface area (Å²) in [5, 5.41) is 8.84. The predicted molar refractivity (Wildman–Crippen MR) is 89.4 cm³/mol. The molecular weight excluding hydrogens is 304 g/mol. The van der Waals surface area contributed by atoms with E-state index >= 15 is 0 Å². The second-order valence-electron chi connectivity index (χ2n) is 5.47. The Labute approximate surface area is 137 Å². The molecular formula is C18H14N4O2. The van der Waals surface area contributed by atoms with E-state index in [1.807, 2.05) is 55.5 Å². The van der Waals surface area contributed by atoms with E-state index < -0.39 is 5.97 Å². The lowest BCUT2D eigenvalue weighted by Crippen LogP contribution is -2.12. The maximum atomic E-state index is 12.5. The molecule has 6 heteroatoms. The van der Waals surface area contributed by atoms with Crippen LogP contribution in [-0.4, -0.2) is 25.9 Å². The van der Waals surface area contributed by atoms with Gasteiger partial charge in [0.15, 0.2) is 6.73 Å². The van der Waals surface area contributed by atoms with Crippen molar-refractivity contribution < 1.29 is 9.53 Å². The van der Waals surface area contributed by atoms with Crippen molar-refractivity contribution in [3.05, 3.63) is 65.9 Å². The summed E-state index contributed by atoms with van der Waals surface area (Å²) in [5.41, 5.74) is 3.63. The van der Waals surface area contributed by atoms with Gasteiger partial charge in [0.2, 0.25) is 0 Å². The summed E-state index contributed by atoms with van der Waals surface area (Å²) < 4.78 is 7.00. The van der Waals surface area contributed by atoms with E-state index in [1.165, 1.54) is 0 Å². The summed E-state index contributed by atoms with van der Waals surface area (Å²) in [6.45, 7) is 1.86. The van der Waals surface area contributed by atoms with Gasteiger partial charge in [0.1, 0.15) is 5.52 Å². The fourth-order valence-electron chi connectivity index (χ4n) is 2.69. The Kier molecular flexibility index (Phi) is 3.42. The average Bonchev–Trinajstić information content (AvgIpc) is 3.02. The molecule has 118 valence electrons. The number of hydrogen-bond donors (Lipinski definition) is 0. The maximum absolute atomic E-state index is 12.5. The molecule has 0 saturated carbocycles. The first-order valence-electron chi connectivity index (χ1n) is 7.54. The highest BCUT2D eigenvalue weighted by Gasteiger charge is 2.14. The Morgan fingerprint density at radius 2 is 1.83 bits per heavy atom. The molecule has 0 aliphatic rings. The summed E-state index contributed by atoms with van der Waals surface area (Å²) >= 11 is 0. The summed E-state index contributed by atoms with van der Waals surface area (Å²) in [6, 6.07) is 16.8. The smallest absolute Gasteiger partial charge is 0.340 e. The SMILES string of the molecule is Cc1cc(C(=O)OCn2nnc3ccccc32)c2ccccc2n1. The van der Waals surface area contributed by atoms with Crippen LogP contribution in [0.5, 0.6) is 0 Å². The number of aryl methyl sites for hydroxylation is 1. The summed E-state index contributed by atoms with van der Waals surface area (Å²) in [7, 11) is 0. The first kappa shape index (κ1) is 14.3. The van der Waals surface area contributed by atoms with Gasteiger partial charge >= 0.3 is 5.97 Å². The molecule has 4 rings (SSSR count). The van der Waals surface area contributed by atoms with Gasteiger partial charge in [-0.1, -0.05) is 35.5 Å². The molecule has 2 aromatic heterocycles. The van der Waals surface area contributed by atoms with Gasteiger partial charge in [-0.3, -0.25) is 4.98 Å². The molecule has 2 aromatic carbocycles. The van der Waals surface area contributed by atoms with Crippen molar-refractivity contribution >= 4 is 27.9 Å². The molecule has 0 saturated heterocycles. The van der Waals surface area contributed by atoms with Gasteiger partial charge in [-0.25, -0.2) is 9.48 Å². The number of pyridine rings is 1. The highest BCUT2D eigenvalue weighted by molar-refractivity contribution is 6.03. The fraction of sp³-hybridized carbons (Fsp3) is 0.111. The molecule has 2 heterocycles. The number of fused-ring (bicyclic) bond motifs is 2. The van der Waals surface area contributed by atoms with Gasteiger partial charge in [0.05, 0.1) is 16.6 Å². The van der Waals surface area contributed by atoms with Crippen LogP contribution < -0.4 is 0 Å². The lowest BCUT2D eigenvalue weighted by Gasteiger charge is -2.08. The van der Waals surface area contributed by atoms with Crippen LogP contribution in [0.15, 0.2) is 54.6 Å². The Hall–Kier alpha value is -3.28. The number of esters is 1. The highest BCUT2D eigenvalue weighted by atomic mass is 16.5. The number of nitrogens with zero attached hydrogens (tertiary/aromatic N) is 4. The first-order chi connectivity index (χ1) is 11.7. The Balaban J connectivity index is 1.63. The van der Waals surface area contributed by atoms with Crippen LogP contribution >= 0.6 is 0 Å². The topological polar surface area (TPSA) is 69.9 Å². The molecule has 4 aromatic rings. The quantitative estimate of drug-likeness (QED) is 0.543. The van der Waals surface area contributed by atoms with Crippen molar-refractivity contribution in [3.63, 3.8) is 0 Å². The van der Waals surface area contributed by atoms with Gasteiger partial charge in [-0.05, 0) is 31.2 Å². The van der Waals surface area contributed by atoms with Gasteiger partial charge in [-0.2, -0.15) is 0 Å². The molecule has 0 spiro atoms. The number of aromatic nitrogens is 4. The van der Waals surface area contributed by atoms with Crippen LogP contribution in [0, 0.1) is 6.92 Å².